The van der Waals surface area contributed by atoms with E-state index in [2.05, 4.69) is 5.32 Å². The Labute approximate surface area is 147 Å². The quantitative estimate of drug-likeness (QED) is 0.847. The van der Waals surface area contributed by atoms with Gasteiger partial charge in [0.05, 0.1) is 12.7 Å². The Balaban J connectivity index is 1.36. The van der Waals surface area contributed by atoms with E-state index in [1.54, 1.807) is 12.1 Å². The largest absolute Gasteiger partial charge is 0.508 e. The Morgan fingerprint density at radius 2 is 1.88 bits per heavy atom. The molecule has 0 spiro atoms. The van der Waals surface area contributed by atoms with Gasteiger partial charge in [-0.25, -0.2) is 0 Å². The zero-order chi connectivity index (χ0) is 17.5. The minimum absolute atomic E-state index is 0.101. The van der Waals surface area contributed by atoms with E-state index < -0.39 is 0 Å². The Bertz CT molecular complexity index is 664. The first-order valence-electron chi connectivity index (χ1n) is 8.57. The Morgan fingerprint density at radius 1 is 1.12 bits per heavy atom. The summed E-state index contributed by atoms with van der Waals surface area (Å²) in [4.78, 5) is 12.1. The molecule has 2 unspecified atom stereocenters. The number of carbonyl (C=O) groups is 1. The first-order valence-corrected chi connectivity index (χ1v) is 8.57. The molecule has 132 valence electrons. The third-order valence-corrected chi connectivity index (χ3v) is 4.32. The molecule has 0 bridgehead atoms. The zero-order valence-corrected chi connectivity index (χ0v) is 14.1. The van der Waals surface area contributed by atoms with Gasteiger partial charge >= 0.3 is 0 Å². The fourth-order valence-corrected chi connectivity index (χ4v) is 2.81. The Hall–Kier alpha value is -2.53. The summed E-state index contributed by atoms with van der Waals surface area (Å²) >= 11 is 0. The van der Waals surface area contributed by atoms with Gasteiger partial charge in [0.2, 0.25) is 0 Å². The smallest absolute Gasteiger partial charge is 0.251 e. The number of nitrogens with one attached hydrogen (secondary N) is 1. The van der Waals surface area contributed by atoms with E-state index in [1.165, 1.54) is 12.1 Å². The van der Waals surface area contributed by atoms with Gasteiger partial charge in [-0.2, -0.15) is 0 Å². The van der Waals surface area contributed by atoms with Crippen molar-refractivity contribution < 1.29 is 19.4 Å². The summed E-state index contributed by atoms with van der Waals surface area (Å²) in [5.41, 5.74) is 0.545. The predicted molar refractivity (Wildman–Crippen MR) is 94.8 cm³/mol. The first kappa shape index (κ1) is 17.3. The molecule has 25 heavy (non-hydrogen) atoms. The van der Waals surface area contributed by atoms with Crippen molar-refractivity contribution in [2.24, 2.45) is 5.92 Å². The summed E-state index contributed by atoms with van der Waals surface area (Å²) < 4.78 is 11.6. The molecule has 5 heteroatoms. The van der Waals surface area contributed by atoms with Crippen LogP contribution in [-0.2, 0) is 4.74 Å². The van der Waals surface area contributed by atoms with Gasteiger partial charge in [0.15, 0.2) is 0 Å². The number of hydrogen-bond donors (Lipinski definition) is 2. The number of para-hydroxylation sites is 1. The van der Waals surface area contributed by atoms with Crippen LogP contribution in [0.3, 0.4) is 0 Å². The fourth-order valence-electron chi connectivity index (χ4n) is 2.81. The van der Waals surface area contributed by atoms with Crippen molar-refractivity contribution in [3.05, 3.63) is 60.2 Å². The summed E-state index contributed by atoms with van der Waals surface area (Å²) in [6.07, 6.45) is 2.02. The molecule has 3 rings (SSSR count). The van der Waals surface area contributed by atoms with Crippen LogP contribution in [0.4, 0.5) is 0 Å². The maximum Gasteiger partial charge on any atom is 0.251 e. The zero-order valence-electron chi connectivity index (χ0n) is 14.1. The molecular weight excluding hydrogens is 318 g/mol. The van der Waals surface area contributed by atoms with Crippen molar-refractivity contribution in [2.75, 3.05) is 19.8 Å². The standard InChI is InChI=1S/C20H23NO4/c22-17-9-7-16(8-10-17)20(23)21-12-15-6-11-19(24-13-15)14-25-18-4-2-1-3-5-18/h1-5,7-10,15,19,22H,6,11-14H2,(H,21,23). The second-order valence-electron chi connectivity index (χ2n) is 6.28. The molecular formula is C20H23NO4. The molecule has 0 aromatic heterocycles. The highest BCUT2D eigenvalue weighted by Crippen LogP contribution is 2.20. The molecule has 1 aliphatic rings. The topological polar surface area (TPSA) is 67.8 Å². The van der Waals surface area contributed by atoms with Gasteiger partial charge < -0.3 is 19.9 Å². The van der Waals surface area contributed by atoms with E-state index in [1.807, 2.05) is 30.3 Å². The second-order valence-corrected chi connectivity index (χ2v) is 6.28. The predicted octanol–water partition coefficient (Wildman–Crippen LogP) is 3.00. The van der Waals surface area contributed by atoms with Gasteiger partial charge in [0.1, 0.15) is 18.1 Å². The number of hydrogen-bond acceptors (Lipinski definition) is 4. The number of phenolic OH excluding ortho intramolecular Hbond substituents is 1. The molecule has 2 aromatic carbocycles. The van der Waals surface area contributed by atoms with E-state index in [9.17, 15) is 9.90 Å². The number of phenols is 1. The van der Waals surface area contributed by atoms with Crippen LogP contribution in [0.15, 0.2) is 54.6 Å². The van der Waals surface area contributed by atoms with Gasteiger partial charge in [0, 0.05) is 12.1 Å². The third kappa shape index (κ3) is 5.22. The number of aromatic hydroxyl groups is 1. The van der Waals surface area contributed by atoms with Crippen LogP contribution in [0, 0.1) is 5.92 Å². The number of ether oxygens (including phenoxy) is 2. The Kier molecular flexibility index (Phi) is 5.90. The maximum atomic E-state index is 12.1. The van der Waals surface area contributed by atoms with Crippen molar-refractivity contribution in [2.45, 2.75) is 18.9 Å². The van der Waals surface area contributed by atoms with Gasteiger partial charge in [-0.05, 0) is 55.2 Å². The van der Waals surface area contributed by atoms with E-state index in [4.69, 9.17) is 9.47 Å². The minimum Gasteiger partial charge on any atom is -0.508 e. The SMILES string of the molecule is O=C(NCC1CCC(COc2ccccc2)OC1)c1ccc(O)cc1. The van der Waals surface area contributed by atoms with Crippen LogP contribution in [-0.4, -0.2) is 36.9 Å². The molecule has 2 N–H and O–H groups in total. The average Bonchev–Trinajstić information content (AvgIpc) is 2.67. The maximum absolute atomic E-state index is 12.1. The van der Waals surface area contributed by atoms with Crippen LogP contribution < -0.4 is 10.1 Å². The molecule has 2 atom stereocenters. The molecule has 1 heterocycles. The lowest BCUT2D eigenvalue weighted by Gasteiger charge is -2.29. The fraction of sp³-hybridized carbons (Fsp3) is 0.350. The normalized spacial score (nSPS) is 20.0. The number of benzene rings is 2. The minimum atomic E-state index is -0.130. The number of carbonyl (C=O) groups excluding carboxylic acids is 1. The molecule has 2 aromatic rings. The van der Waals surface area contributed by atoms with E-state index in [0.29, 0.717) is 31.2 Å². The van der Waals surface area contributed by atoms with Gasteiger partial charge in [-0.3, -0.25) is 4.79 Å². The molecule has 1 aliphatic heterocycles. The molecule has 0 aliphatic carbocycles. The van der Waals surface area contributed by atoms with Crippen molar-refractivity contribution in [3.8, 4) is 11.5 Å². The third-order valence-electron chi connectivity index (χ3n) is 4.32. The van der Waals surface area contributed by atoms with Gasteiger partial charge in [-0.1, -0.05) is 18.2 Å². The van der Waals surface area contributed by atoms with E-state index in [0.717, 1.165) is 18.6 Å². The summed E-state index contributed by atoms with van der Waals surface area (Å²) in [6, 6.07) is 16.0. The average molecular weight is 341 g/mol. The van der Waals surface area contributed by atoms with Crippen LogP contribution in [0.1, 0.15) is 23.2 Å². The summed E-state index contributed by atoms with van der Waals surface area (Å²) in [7, 11) is 0. The highest BCUT2D eigenvalue weighted by atomic mass is 16.5. The first-order chi connectivity index (χ1) is 12.2. The van der Waals surface area contributed by atoms with Gasteiger partial charge in [0.25, 0.3) is 5.91 Å². The number of amides is 1. The van der Waals surface area contributed by atoms with Gasteiger partial charge in [-0.15, -0.1) is 0 Å². The van der Waals surface area contributed by atoms with Crippen LogP contribution in [0.5, 0.6) is 11.5 Å². The summed E-state index contributed by atoms with van der Waals surface area (Å²) in [5, 5.41) is 12.2. The highest BCUT2D eigenvalue weighted by Gasteiger charge is 2.22. The van der Waals surface area contributed by atoms with Crippen molar-refractivity contribution in [3.63, 3.8) is 0 Å². The lowest BCUT2D eigenvalue weighted by molar-refractivity contribution is -0.0365. The van der Waals surface area contributed by atoms with Crippen molar-refractivity contribution in [1.82, 2.24) is 5.32 Å². The lowest BCUT2D eigenvalue weighted by atomic mass is 9.98. The summed E-state index contributed by atoms with van der Waals surface area (Å²) in [6.45, 7) is 1.77. The van der Waals surface area contributed by atoms with Crippen LogP contribution in [0.25, 0.3) is 0 Å². The van der Waals surface area contributed by atoms with Crippen molar-refractivity contribution in [1.29, 1.82) is 0 Å². The van der Waals surface area contributed by atoms with E-state index >= 15 is 0 Å². The lowest BCUT2D eigenvalue weighted by Crippen LogP contribution is -2.37. The van der Waals surface area contributed by atoms with Crippen LogP contribution in [0.2, 0.25) is 0 Å². The second kappa shape index (κ2) is 8.53. The molecule has 0 saturated carbocycles. The summed E-state index contributed by atoms with van der Waals surface area (Å²) in [5.74, 6) is 1.19. The van der Waals surface area contributed by atoms with Crippen molar-refractivity contribution >= 4 is 5.91 Å². The molecule has 5 nitrogen and oxygen atoms in total. The van der Waals surface area contributed by atoms with E-state index in [-0.39, 0.29) is 17.8 Å². The van der Waals surface area contributed by atoms with Crippen LogP contribution >= 0.6 is 0 Å². The number of rotatable bonds is 6. The molecule has 1 fully saturated rings. The Morgan fingerprint density at radius 3 is 2.56 bits per heavy atom. The molecule has 0 radical (unpaired) electrons. The monoisotopic (exact) mass is 341 g/mol. The molecule has 1 amide bonds. The highest BCUT2D eigenvalue weighted by molar-refractivity contribution is 5.94. The molecule has 1 saturated heterocycles.